The van der Waals surface area contributed by atoms with Gasteiger partial charge >= 0.3 is 0 Å². The maximum Gasteiger partial charge on any atom is 0.289 e. The number of carbonyl (C=O) groups excluding carboxylic acids is 1. The molecule has 8 nitrogen and oxygen atoms in total. The van der Waals surface area contributed by atoms with Crippen molar-refractivity contribution in [2.45, 2.75) is 39.5 Å². The standard InChI is InChI=1S/C17H19N7O/c1-10-7-9-24-15(22-23-17(24)19-10)16(25)18-8-6-14-20-11(2)12-4-3-5-13(12)21-14/h7,9H,3-6,8H2,1-2H3,(H,18,25). The van der Waals surface area contributed by atoms with E-state index in [1.165, 1.54) is 11.3 Å². The van der Waals surface area contributed by atoms with Gasteiger partial charge in [0.1, 0.15) is 5.82 Å². The highest BCUT2D eigenvalue weighted by Gasteiger charge is 2.18. The first-order valence-electron chi connectivity index (χ1n) is 8.43. The summed E-state index contributed by atoms with van der Waals surface area (Å²) >= 11 is 0. The van der Waals surface area contributed by atoms with Crippen LogP contribution < -0.4 is 5.32 Å². The Morgan fingerprint density at radius 1 is 1.20 bits per heavy atom. The minimum Gasteiger partial charge on any atom is -0.349 e. The summed E-state index contributed by atoms with van der Waals surface area (Å²) in [4.78, 5) is 25.8. The molecule has 0 unspecified atom stereocenters. The zero-order valence-corrected chi connectivity index (χ0v) is 14.3. The van der Waals surface area contributed by atoms with Gasteiger partial charge in [0.25, 0.3) is 11.7 Å². The zero-order chi connectivity index (χ0) is 17.4. The Kier molecular flexibility index (Phi) is 3.87. The Morgan fingerprint density at radius 2 is 2.08 bits per heavy atom. The van der Waals surface area contributed by atoms with Gasteiger partial charge in [-0.05, 0) is 44.7 Å². The molecule has 0 radical (unpaired) electrons. The fraction of sp³-hybridized carbons (Fsp3) is 0.412. The van der Waals surface area contributed by atoms with Crippen LogP contribution in [-0.4, -0.2) is 42.0 Å². The van der Waals surface area contributed by atoms with Gasteiger partial charge in [0, 0.05) is 36.2 Å². The quantitative estimate of drug-likeness (QED) is 0.762. The number of hydrogen-bond acceptors (Lipinski definition) is 6. The van der Waals surface area contributed by atoms with Crippen molar-refractivity contribution in [3.05, 3.63) is 46.6 Å². The Labute approximate surface area is 144 Å². The second kappa shape index (κ2) is 6.19. The molecule has 4 rings (SSSR count). The lowest BCUT2D eigenvalue weighted by atomic mass is 10.2. The van der Waals surface area contributed by atoms with Crippen molar-refractivity contribution in [2.75, 3.05) is 6.54 Å². The molecule has 0 saturated carbocycles. The van der Waals surface area contributed by atoms with E-state index in [1.807, 2.05) is 19.9 Å². The molecule has 0 saturated heterocycles. The Hall–Kier alpha value is -2.90. The van der Waals surface area contributed by atoms with E-state index in [4.69, 9.17) is 0 Å². The summed E-state index contributed by atoms with van der Waals surface area (Å²) in [6.07, 6.45) is 5.59. The van der Waals surface area contributed by atoms with Crippen LogP contribution >= 0.6 is 0 Å². The molecular weight excluding hydrogens is 318 g/mol. The van der Waals surface area contributed by atoms with Crippen molar-refractivity contribution in [1.82, 2.24) is 34.9 Å². The van der Waals surface area contributed by atoms with Crippen molar-refractivity contribution in [2.24, 2.45) is 0 Å². The van der Waals surface area contributed by atoms with Gasteiger partial charge in [-0.1, -0.05) is 0 Å². The molecule has 0 aromatic carbocycles. The first kappa shape index (κ1) is 15.6. The zero-order valence-electron chi connectivity index (χ0n) is 14.3. The second-order valence-electron chi connectivity index (χ2n) is 6.27. The van der Waals surface area contributed by atoms with E-state index < -0.39 is 0 Å². The summed E-state index contributed by atoms with van der Waals surface area (Å²) in [5.41, 5.74) is 4.36. The van der Waals surface area contributed by atoms with Crippen LogP contribution in [-0.2, 0) is 19.3 Å². The molecule has 0 bridgehead atoms. The molecule has 1 aliphatic carbocycles. The van der Waals surface area contributed by atoms with Crippen LogP contribution in [0.5, 0.6) is 0 Å². The predicted molar refractivity (Wildman–Crippen MR) is 90.4 cm³/mol. The Balaban J connectivity index is 1.43. The highest BCUT2D eigenvalue weighted by molar-refractivity contribution is 5.91. The van der Waals surface area contributed by atoms with E-state index in [1.54, 1.807) is 10.6 Å². The third-order valence-corrected chi connectivity index (χ3v) is 4.44. The van der Waals surface area contributed by atoms with Gasteiger partial charge in [0.05, 0.1) is 0 Å². The molecule has 0 aliphatic heterocycles. The molecule has 1 amide bonds. The van der Waals surface area contributed by atoms with Crippen molar-refractivity contribution in [3.8, 4) is 0 Å². The van der Waals surface area contributed by atoms with E-state index in [0.29, 0.717) is 18.7 Å². The molecular formula is C17H19N7O. The van der Waals surface area contributed by atoms with Crippen LogP contribution in [0.15, 0.2) is 12.3 Å². The van der Waals surface area contributed by atoms with Crippen molar-refractivity contribution in [3.63, 3.8) is 0 Å². The van der Waals surface area contributed by atoms with Crippen LogP contribution in [0.3, 0.4) is 0 Å². The number of nitrogens with zero attached hydrogens (tertiary/aromatic N) is 6. The highest BCUT2D eigenvalue weighted by atomic mass is 16.2. The van der Waals surface area contributed by atoms with E-state index in [0.717, 1.165) is 36.5 Å². The average Bonchev–Trinajstić information content (AvgIpc) is 3.21. The first-order chi connectivity index (χ1) is 12.1. The molecule has 128 valence electrons. The predicted octanol–water partition coefficient (Wildman–Crippen LogP) is 0.992. The van der Waals surface area contributed by atoms with Crippen LogP contribution in [0.1, 0.15) is 45.5 Å². The third kappa shape index (κ3) is 2.95. The number of hydrogen-bond donors (Lipinski definition) is 1. The van der Waals surface area contributed by atoms with Gasteiger partial charge in [-0.15, -0.1) is 10.2 Å². The summed E-state index contributed by atoms with van der Waals surface area (Å²) in [6.45, 7) is 4.35. The van der Waals surface area contributed by atoms with Crippen LogP contribution in [0.25, 0.3) is 5.78 Å². The molecule has 25 heavy (non-hydrogen) atoms. The minimum atomic E-state index is -0.281. The van der Waals surface area contributed by atoms with E-state index in [-0.39, 0.29) is 11.7 Å². The second-order valence-corrected chi connectivity index (χ2v) is 6.27. The normalized spacial score (nSPS) is 13.2. The number of aromatic nitrogens is 6. The molecule has 3 heterocycles. The third-order valence-electron chi connectivity index (χ3n) is 4.44. The Bertz CT molecular complexity index is 963. The van der Waals surface area contributed by atoms with Gasteiger partial charge in [0.2, 0.25) is 5.82 Å². The Morgan fingerprint density at radius 3 is 2.96 bits per heavy atom. The topological polar surface area (TPSA) is 98.0 Å². The first-order valence-corrected chi connectivity index (χ1v) is 8.43. The SMILES string of the molecule is Cc1ccn2c(C(=O)NCCc3nc(C)c4c(n3)CCC4)nnc2n1. The summed E-state index contributed by atoms with van der Waals surface area (Å²) in [6, 6.07) is 1.81. The summed E-state index contributed by atoms with van der Waals surface area (Å²) < 4.78 is 1.58. The summed E-state index contributed by atoms with van der Waals surface area (Å²) in [7, 11) is 0. The maximum atomic E-state index is 12.3. The van der Waals surface area contributed by atoms with Crippen LogP contribution in [0.2, 0.25) is 0 Å². The monoisotopic (exact) mass is 337 g/mol. The van der Waals surface area contributed by atoms with E-state index in [2.05, 4.69) is 30.5 Å². The number of aryl methyl sites for hydroxylation is 3. The smallest absolute Gasteiger partial charge is 0.289 e. The van der Waals surface area contributed by atoms with E-state index >= 15 is 0 Å². The van der Waals surface area contributed by atoms with Gasteiger partial charge in [-0.25, -0.2) is 15.0 Å². The van der Waals surface area contributed by atoms with Crippen molar-refractivity contribution < 1.29 is 4.79 Å². The molecule has 3 aromatic heterocycles. The number of amides is 1. The van der Waals surface area contributed by atoms with E-state index in [9.17, 15) is 4.79 Å². The number of carbonyl (C=O) groups is 1. The van der Waals surface area contributed by atoms with Gasteiger partial charge in [-0.2, -0.15) is 0 Å². The molecule has 3 aromatic rings. The largest absolute Gasteiger partial charge is 0.349 e. The summed E-state index contributed by atoms with van der Waals surface area (Å²) in [5, 5.41) is 10.7. The average molecular weight is 337 g/mol. The lowest BCUT2D eigenvalue weighted by Gasteiger charge is -2.07. The summed E-state index contributed by atoms with van der Waals surface area (Å²) in [5.74, 6) is 1.15. The molecule has 0 atom stereocenters. The number of fused-ring (bicyclic) bond motifs is 2. The fourth-order valence-electron chi connectivity index (χ4n) is 3.19. The van der Waals surface area contributed by atoms with Crippen LogP contribution in [0.4, 0.5) is 0 Å². The van der Waals surface area contributed by atoms with Crippen molar-refractivity contribution >= 4 is 11.7 Å². The maximum absolute atomic E-state index is 12.3. The molecule has 8 heteroatoms. The number of nitrogens with one attached hydrogen (secondary N) is 1. The molecule has 0 fully saturated rings. The lowest BCUT2D eigenvalue weighted by molar-refractivity contribution is 0.0942. The fourth-order valence-corrected chi connectivity index (χ4v) is 3.19. The lowest BCUT2D eigenvalue weighted by Crippen LogP contribution is -2.28. The van der Waals surface area contributed by atoms with Gasteiger partial charge in [0.15, 0.2) is 0 Å². The molecule has 1 N–H and O–H groups in total. The molecule has 0 spiro atoms. The number of rotatable bonds is 4. The van der Waals surface area contributed by atoms with Crippen LogP contribution in [0, 0.1) is 13.8 Å². The van der Waals surface area contributed by atoms with Crippen molar-refractivity contribution in [1.29, 1.82) is 0 Å². The minimum absolute atomic E-state index is 0.230. The highest BCUT2D eigenvalue weighted by Crippen LogP contribution is 2.22. The molecule has 1 aliphatic rings. The van der Waals surface area contributed by atoms with Gasteiger partial charge < -0.3 is 5.32 Å². The van der Waals surface area contributed by atoms with Gasteiger partial charge in [-0.3, -0.25) is 9.20 Å².